The molecule has 50 heavy (non-hydrogen) atoms. The van der Waals surface area contributed by atoms with Crippen molar-refractivity contribution in [2.45, 2.75) is 83.3 Å². The van der Waals surface area contributed by atoms with E-state index in [4.69, 9.17) is 4.74 Å². The number of likely N-dealkylation sites (tertiary alicyclic amines) is 1. The third-order valence-corrected chi connectivity index (χ3v) is 10.2. The molecule has 2 aromatic carbocycles. The summed E-state index contributed by atoms with van der Waals surface area (Å²) in [4.78, 5) is 51.8. The standard InChI is InChI=1S/C36H37F3N6O4S/c1-36(2,3)49-35(48)43-13-10-23(27(37)18-43)21-8-6-20(7-9-21)22-15-24(31(38)39)26-17-45(33(47)25(26)16-22)30(32(46)42-34-40-11-14-50-34)29-28-5-4-12-44(28)19-41-29/h6-9,11,14-16,19,23,27,30-31H,4-5,10,12-13,17-18H2,1-3H3,(H,40,42,46)/t23-,27+,30+/m0/s1. The molecule has 4 aromatic rings. The number of ether oxygens (including phenoxy) is 1. The van der Waals surface area contributed by atoms with E-state index >= 15 is 4.39 Å². The van der Waals surface area contributed by atoms with Gasteiger partial charge in [-0.2, -0.15) is 0 Å². The lowest BCUT2D eigenvalue weighted by Crippen LogP contribution is -2.46. The minimum absolute atomic E-state index is 0.0902. The van der Waals surface area contributed by atoms with Crippen molar-refractivity contribution in [1.29, 1.82) is 0 Å². The zero-order valence-corrected chi connectivity index (χ0v) is 28.7. The molecule has 0 unspecified atom stereocenters. The van der Waals surface area contributed by atoms with E-state index < -0.39 is 48.1 Å². The molecule has 3 atom stereocenters. The first kappa shape index (κ1) is 33.8. The molecule has 0 spiro atoms. The minimum Gasteiger partial charge on any atom is -0.444 e. The summed E-state index contributed by atoms with van der Waals surface area (Å²) in [6.45, 7) is 6.09. The van der Waals surface area contributed by atoms with Crippen LogP contribution in [0.15, 0.2) is 54.3 Å². The zero-order chi connectivity index (χ0) is 35.3. The maximum atomic E-state index is 15.4. The molecule has 1 fully saturated rings. The van der Waals surface area contributed by atoms with Crippen molar-refractivity contribution < 1.29 is 32.3 Å². The van der Waals surface area contributed by atoms with Gasteiger partial charge >= 0.3 is 6.09 Å². The number of anilines is 1. The fraction of sp³-hybridized carbons (Fsp3) is 0.417. The number of benzene rings is 2. The topological polar surface area (TPSA) is 110 Å². The average molecular weight is 707 g/mol. The van der Waals surface area contributed by atoms with E-state index in [2.05, 4.69) is 15.3 Å². The number of carbonyl (C=O) groups excluding carboxylic acids is 3. The third-order valence-electron chi connectivity index (χ3n) is 9.48. The van der Waals surface area contributed by atoms with Crippen molar-refractivity contribution in [2.24, 2.45) is 0 Å². The van der Waals surface area contributed by atoms with Crippen molar-refractivity contribution in [2.75, 3.05) is 18.4 Å². The number of hydrogen-bond acceptors (Lipinski definition) is 7. The number of alkyl halides is 3. The Morgan fingerprint density at radius 2 is 1.86 bits per heavy atom. The Balaban J connectivity index is 1.15. The predicted molar refractivity (Wildman–Crippen MR) is 181 cm³/mol. The lowest BCUT2D eigenvalue weighted by atomic mass is 9.87. The zero-order valence-electron chi connectivity index (χ0n) is 27.9. The number of nitrogens with one attached hydrogen (secondary N) is 1. The second-order valence-corrected chi connectivity index (χ2v) is 14.8. The summed E-state index contributed by atoms with van der Waals surface area (Å²) in [6.07, 6.45) is 0.412. The highest BCUT2D eigenvalue weighted by Gasteiger charge is 2.43. The first-order valence-electron chi connectivity index (χ1n) is 16.6. The Morgan fingerprint density at radius 1 is 1.08 bits per heavy atom. The number of aromatic nitrogens is 3. The summed E-state index contributed by atoms with van der Waals surface area (Å²) in [5.41, 5.74) is 2.28. The molecule has 262 valence electrons. The van der Waals surface area contributed by atoms with Crippen LogP contribution in [0.4, 0.5) is 23.1 Å². The van der Waals surface area contributed by atoms with Crippen LogP contribution in [-0.4, -0.2) is 67.1 Å². The molecule has 3 amide bonds. The van der Waals surface area contributed by atoms with Crippen LogP contribution in [0.25, 0.3) is 11.1 Å². The van der Waals surface area contributed by atoms with E-state index in [1.807, 2.05) is 4.57 Å². The SMILES string of the molecule is CC(C)(C)OC(=O)N1CC[C@@H](c2ccc(-c3cc4c(c(C(F)F)c3)CN([C@@H](C(=O)Nc3nccs3)c3ncn5c3CCC5)C4=O)cc2)[C@H](F)C1. The van der Waals surface area contributed by atoms with Crippen LogP contribution in [0, 0.1) is 0 Å². The maximum absolute atomic E-state index is 15.4. The highest BCUT2D eigenvalue weighted by Crippen LogP contribution is 2.41. The second-order valence-electron chi connectivity index (χ2n) is 13.9. The number of carbonyl (C=O) groups is 3. The van der Waals surface area contributed by atoms with Crippen molar-refractivity contribution in [1.82, 2.24) is 24.3 Å². The molecule has 7 rings (SSSR count). The summed E-state index contributed by atoms with van der Waals surface area (Å²) in [6, 6.07) is 8.80. The van der Waals surface area contributed by atoms with E-state index in [1.165, 1.54) is 27.2 Å². The van der Waals surface area contributed by atoms with Crippen molar-refractivity contribution in [3.63, 3.8) is 0 Å². The lowest BCUT2D eigenvalue weighted by molar-refractivity contribution is -0.121. The van der Waals surface area contributed by atoms with Crippen LogP contribution >= 0.6 is 11.3 Å². The molecule has 2 aromatic heterocycles. The van der Waals surface area contributed by atoms with Gasteiger partial charge in [-0.05, 0) is 74.4 Å². The fourth-order valence-corrected chi connectivity index (χ4v) is 7.66. The number of thiazole rings is 1. The van der Waals surface area contributed by atoms with Crippen molar-refractivity contribution >= 4 is 34.4 Å². The molecule has 5 heterocycles. The number of imidazole rings is 1. The maximum Gasteiger partial charge on any atom is 0.410 e. The minimum atomic E-state index is -2.88. The average Bonchev–Trinajstić information content (AvgIpc) is 3.88. The number of piperidine rings is 1. The van der Waals surface area contributed by atoms with Crippen molar-refractivity contribution in [3.05, 3.63) is 87.9 Å². The summed E-state index contributed by atoms with van der Waals surface area (Å²) >= 11 is 1.23. The number of nitrogens with zero attached hydrogens (tertiary/aromatic N) is 5. The first-order valence-corrected chi connectivity index (χ1v) is 17.5. The smallest absolute Gasteiger partial charge is 0.410 e. The van der Waals surface area contributed by atoms with Gasteiger partial charge in [-0.3, -0.25) is 14.9 Å². The third kappa shape index (κ3) is 6.48. The van der Waals surface area contributed by atoms with E-state index in [0.29, 0.717) is 41.3 Å². The number of aryl methyl sites for hydroxylation is 1. The molecule has 0 radical (unpaired) electrons. The molecular weight excluding hydrogens is 669 g/mol. The van der Waals surface area contributed by atoms with Gasteiger partial charge in [0.2, 0.25) is 0 Å². The normalized spacial score (nSPS) is 19.5. The summed E-state index contributed by atoms with van der Waals surface area (Å²) in [5.74, 6) is -1.52. The van der Waals surface area contributed by atoms with Gasteiger partial charge in [0.05, 0.1) is 18.6 Å². The molecule has 3 aliphatic rings. The van der Waals surface area contributed by atoms with E-state index in [0.717, 1.165) is 24.2 Å². The van der Waals surface area contributed by atoms with Crippen LogP contribution in [0.2, 0.25) is 0 Å². The number of halogens is 3. The van der Waals surface area contributed by atoms with Gasteiger partial charge in [0.25, 0.3) is 18.2 Å². The molecule has 3 aliphatic heterocycles. The lowest BCUT2D eigenvalue weighted by Gasteiger charge is -2.35. The van der Waals surface area contributed by atoms with Crippen LogP contribution in [0.5, 0.6) is 0 Å². The second kappa shape index (κ2) is 13.2. The van der Waals surface area contributed by atoms with Gasteiger partial charge < -0.3 is 19.1 Å². The molecule has 1 saturated heterocycles. The van der Waals surface area contributed by atoms with Gasteiger partial charge in [0.15, 0.2) is 11.2 Å². The quantitative estimate of drug-likeness (QED) is 0.216. The first-order chi connectivity index (χ1) is 23.9. The highest BCUT2D eigenvalue weighted by atomic mass is 32.1. The van der Waals surface area contributed by atoms with Crippen LogP contribution in [0.3, 0.4) is 0 Å². The molecule has 10 nitrogen and oxygen atoms in total. The van der Waals surface area contributed by atoms with E-state index in [1.54, 1.807) is 69.0 Å². The summed E-state index contributed by atoms with van der Waals surface area (Å²) < 4.78 is 52.0. The Kier molecular flexibility index (Phi) is 8.91. The Morgan fingerprint density at radius 3 is 2.54 bits per heavy atom. The van der Waals surface area contributed by atoms with Gasteiger partial charge in [0, 0.05) is 53.9 Å². The molecular formula is C36H37F3N6O4S. The number of amides is 3. The summed E-state index contributed by atoms with van der Waals surface area (Å²) in [5, 5.41) is 4.84. The van der Waals surface area contributed by atoms with Gasteiger partial charge in [-0.25, -0.2) is 27.9 Å². The predicted octanol–water partition coefficient (Wildman–Crippen LogP) is 7.29. The number of hydrogen-bond donors (Lipinski definition) is 1. The molecule has 0 bridgehead atoms. The van der Waals surface area contributed by atoms with Gasteiger partial charge in [-0.15, -0.1) is 11.3 Å². The van der Waals surface area contributed by atoms with Gasteiger partial charge in [0.1, 0.15) is 11.8 Å². The molecule has 0 saturated carbocycles. The Labute approximate surface area is 291 Å². The van der Waals surface area contributed by atoms with Crippen LogP contribution < -0.4 is 5.32 Å². The van der Waals surface area contributed by atoms with E-state index in [-0.39, 0.29) is 29.8 Å². The molecule has 14 heteroatoms. The van der Waals surface area contributed by atoms with Crippen LogP contribution in [0.1, 0.15) is 90.4 Å². The fourth-order valence-electron chi connectivity index (χ4n) is 7.13. The van der Waals surface area contributed by atoms with Crippen LogP contribution in [-0.2, 0) is 29.0 Å². The molecule has 1 N–H and O–H groups in total. The largest absolute Gasteiger partial charge is 0.444 e. The number of fused-ring (bicyclic) bond motifs is 2. The monoisotopic (exact) mass is 706 g/mol. The van der Waals surface area contributed by atoms with Crippen molar-refractivity contribution in [3.8, 4) is 11.1 Å². The Hall–Kier alpha value is -4.72. The summed E-state index contributed by atoms with van der Waals surface area (Å²) in [7, 11) is 0. The van der Waals surface area contributed by atoms with E-state index in [9.17, 15) is 23.2 Å². The Bertz CT molecular complexity index is 1920. The highest BCUT2D eigenvalue weighted by molar-refractivity contribution is 7.13. The van der Waals surface area contributed by atoms with Gasteiger partial charge in [-0.1, -0.05) is 24.3 Å². The number of rotatable bonds is 7. The molecule has 0 aliphatic carbocycles.